The molecular weight excluding hydrogens is 455 g/mol. The van der Waals surface area contributed by atoms with Gasteiger partial charge in [-0.3, -0.25) is 8.98 Å². The summed E-state index contributed by atoms with van der Waals surface area (Å²) in [5, 5.41) is 0. The Morgan fingerprint density at radius 2 is 1.72 bits per heavy atom. The van der Waals surface area contributed by atoms with Crippen molar-refractivity contribution < 1.29 is 22.1 Å². The molecule has 0 aliphatic heterocycles. The maximum absolute atomic E-state index is 12.0. The molecule has 0 radical (unpaired) electrons. The highest BCUT2D eigenvalue weighted by atomic mass is 127. The number of aryl methyl sites for hydroxylation is 1. The first-order valence-electron chi connectivity index (χ1n) is 7.80. The molecule has 0 aliphatic carbocycles. The van der Waals surface area contributed by atoms with E-state index in [1.165, 1.54) is 12.1 Å². The smallest absolute Gasteiger partial charge is 0.311 e. The van der Waals surface area contributed by atoms with E-state index in [2.05, 4.69) is 22.6 Å². The highest BCUT2D eigenvalue weighted by Crippen LogP contribution is 2.20. The summed E-state index contributed by atoms with van der Waals surface area (Å²) in [7, 11) is -3.75. The lowest BCUT2D eigenvalue weighted by Crippen LogP contribution is -2.10. The number of carbonyl (C=O) groups excluding carboxylic acids is 1. The summed E-state index contributed by atoms with van der Waals surface area (Å²) in [5.41, 5.74) is 0.977. The van der Waals surface area contributed by atoms with Crippen LogP contribution in [0.1, 0.15) is 24.8 Å². The number of esters is 1. The molecule has 2 aromatic carbocycles. The molecule has 0 saturated carbocycles. The second-order valence-corrected chi connectivity index (χ2v) is 8.23. The highest BCUT2D eigenvalue weighted by Gasteiger charge is 2.14. The van der Waals surface area contributed by atoms with Crippen molar-refractivity contribution in [1.82, 2.24) is 0 Å². The first-order valence-corrected chi connectivity index (χ1v) is 10.3. The molecule has 134 valence electrons. The molecule has 0 unspecified atom stereocenters. The third-order valence-electron chi connectivity index (χ3n) is 3.38. The van der Waals surface area contributed by atoms with E-state index in [0.717, 1.165) is 9.13 Å². The van der Waals surface area contributed by atoms with E-state index in [-0.39, 0.29) is 23.9 Å². The Morgan fingerprint density at radius 1 is 1.04 bits per heavy atom. The van der Waals surface area contributed by atoms with Gasteiger partial charge >= 0.3 is 5.97 Å². The van der Waals surface area contributed by atoms with E-state index in [1.54, 1.807) is 24.3 Å². The van der Waals surface area contributed by atoms with Crippen LogP contribution in [-0.4, -0.2) is 21.0 Å². The topological polar surface area (TPSA) is 69.7 Å². The van der Waals surface area contributed by atoms with Crippen LogP contribution < -0.4 is 4.74 Å². The number of halogens is 1. The van der Waals surface area contributed by atoms with Gasteiger partial charge in [-0.05, 0) is 66.6 Å². The number of benzene rings is 2. The van der Waals surface area contributed by atoms with Crippen LogP contribution in [0.2, 0.25) is 0 Å². The lowest BCUT2D eigenvalue weighted by Gasteiger charge is -2.07. The van der Waals surface area contributed by atoms with Crippen LogP contribution in [0, 0.1) is 10.5 Å². The standard InChI is InChI=1S/C18H19IO5S/c1-14-9-11-15(12-10-14)25(21,22)23-13-5-4-8-18(20)24-17-7-3-2-6-16(17)19/h2-3,6-7,9-12H,4-5,8,13H2,1H3. The van der Waals surface area contributed by atoms with Crippen molar-refractivity contribution in [3.8, 4) is 5.75 Å². The van der Waals surface area contributed by atoms with E-state index in [9.17, 15) is 13.2 Å². The first-order chi connectivity index (χ1) is 11.9. The Hall–Kier alpha value is -1.45. The number of unbranched alkanes of at least 4 members (excludes halogenated alkanes) is 1. The van der Waals surface area contributed by atoms with Gasteiger partial charge in [0, 0.05) is 6.42 Å². The van der Waals surface area contributed by atoms with Gasteiger partial charge in [0.2, 0.25) is 0 Å². The Kier molecular flexibility index (Phi) is 7.39. The third kappa shape index (κ3) is 6.41. The van der Waals surface area contributed by atoms with Gasteiger partial charge in [0.05, 0.1) is 15.1 Å². The number of hydrogen-bond acceptors (Lipinski definition) is 5. The molecule has 0 heterocycles. The fourth-order valence-electron chi connectivity index (χ4n) is 2.01. The maximum atomic E-state index is 12.0. The van der Waals surface area contributed by atoms with Gasteiger partial charge in [0.1, 0.15) is 5.75 Å². The zero-order chi connectivity index (χ0) is 18.3. The molecule has 0 spiro atoms. The summed E-state index contributed by atoms with van der Waals surface area (Å²) in [6.07, 6.45) is 1.15. The summed E-state index contributed by atoms with van der Waals surface area (Å²) >= 11 is 2.10. The van der Waals surface area contributed by atoms with Crippen LogP contribution in [0.25, 0.3) is 0 Å². The Labute approximate surface area is 161 Å². The molecule has 2 rings (SSSR count). The molecule has 0 fully saturated rings. The number of hydrogen-bond donors (Lipinski definition) is 0. The molecular formula is C18H19IO5S. The zero-order valence-electron chi connectivity index (χ0n) is 13.8. The number of ether oxygens (including phenoxy) is 1. The molecule has 25 heavy (non-hydrogen) atoms. The summed E-state index contributed by atoms with van der Waals surface area (Å²) in [6.45, 7) is 1.92. The minimum absolute atomic E-state index is 0.0341. The van der Waals surface area contributed by atoms with Gasteiger partial charge in [-0.1, -0.05) is 29.8 Å². The summed E-state index contributed by atoms with van der Waals surface area (Å²) in [6, 6.07) is 13.7. The van der Waals surface area contributed by atoms with Crippen molar-refractivity contribution in [2.45, 2.75) is 31.1 Å². The SMILES string of the molecule is Cc1ccc(S(=O)(=O)OCCCCC(=O)Oc2ccccc2I)cc1. The fourth-order valence-corrected chi connectivity index (χ4v) is 3.45. The van der Waals surface area contributed by atoms with Gasteiger partial charge in [-0.15, -0.1) is 0 Å². The van der Waals surface area contributed by atoms with Crippen molar-refractivity contribution in [1.29, 1.82) is 0 Å². The predicted octanol–water partition coefficient (Wildman–Crippen LogP) is 4.08. The summed E-state index contributed by atoms with van der Waals surface area (Å²) in [4.78, 5) is 11.9. The molecule has 2 aromatic rings. The largest absolute Gasteiger partial charge is 0.425 e. The maximum Gasteiger partial charge on any atom is 0.311 e. The highest BCUT2D eigenvalue weighted by molar-refractivity contribution is 14.1. The van der Waals surface area contributed by atoms with Crippen molar-refractivity contribution in [2.24, 2.45) is 0 Å². The van der Waals surface area contributed by atoms with Crippen LogP contribution in [-0.2, 0) is 19.1 Å². The van der Waals surface area contributed by atoms with E-state index in [0.29, 0.717) is 18.6 Å². The zero-order valence-corrected chi connectivity index (χ0v) is 16.7. The molecule has 0 aliphatic rings. The predicted molar refractivity (Wildman–Crippen MR) is 103 cm³/mol. The van der Waals surface area contributed by atoms with E-state index in [4.69, 9.17) is 8.92 Å². The van der Waals surface area contributed by atoms with Crippen LogP contribution in [0.4, 0.5) is 0 Å². The van der Waals surface area contributed by atoms with Gasteiger partial charge < -0.3 is 4.74 Å². The van der Waals surface area contributed by atoms with Crippen LogP contribution in [0.5, 0.6) is 5.75 Å². The number of rotatable bonds is 8. The molecule has 0 bridgehead atoms. The van der Waals surface area contributed by atoms with Crippen LogP contribution in [0.15, 0.2) is 53.4 Å². The molecule has 0 amide bonds. The Bertz CT molecular complexity index is 816. The number of para-hydroxylation sites is 1. The van der Waals surface area contributed by atoms with Gasteiger partial charge in [-0.25, -0.2) is 0 Å². The minimum atomic E-state index is -3.75. The van der Waals surface area contributed by atoms with Crippen molar-refractivity contribution in [3.63, 3.8) is 0 Å². The molecule has 5 nitrogen and oxygen atoms in total. The molecule has 0 saturated heterocycles. The average molecular weight is 474 g/mol. The Balaban J connectivity index is 1.71. The first kappa shape index (κ1) is 19.9. The van der Waals surface area contributed by atoms with Crippen molar-refractivity contribution >= 4 is 38.7 Å². The third-order valence-corrected chi connectivity index (χ3v) is 5.60. The molecule has 7 heteroatoms. The fraction of sp³-hybridized carbons (Fsp3) is 0.278. The van der Waals surface area contributed by atoms with Crippen LogP contribution in [0.3, 0.4) is 0 Å². The van der Waals surface area contributed by atoms with Gasteiger partial charge in [-0.2, -0.15) is 8.42 Å². The van der Waals surface area contributed by atoms with E-state index >= 15 is 0 Å². The Morgan fingerprint density at radius 3 is 2.40 bits per heavy atom. The molecule has 0 aromatic heterocycles. The average Bonchev–Trinajstić information content (AvgIpc) is 2.57. The van der Waals surface area contributed by atoms with Crippen LogP contribution >= 0.6 is 22.6 Å². The minimum Gasteiger partial charge on any atom is -0.425 e. The second-order valence-electron chi connectivity index (χ2n) is 5.45. The monoisotopic (exact) mass is 474 g/mol. The lowest BCUT2D eigenvalue weighted by molar-refractivity contribution is -0.134. The van der Waals surface area contributed by atoms with E-state index < -0.39 is 10.1 Å². The van der Waals surface area contributed by atoms with Gasteiger partial charge in [0.25, 0.3) is 10.1 Å². The second kappa shape index (κ2) is 9.30. The number of carbonyl (C=O) groups is 1. The normalized spacial score (nSPS) is 11.3. The van der Waals surface area contributed by atoms with Crippen molar-refractivity contribution in [3.05, 3.63) is 57.7 Å². The quantitative estimate of drug-likeness (QED) is 0.190. The molecule has 0 N–H and O–H groups in total. The van der Waals surface area contributed by atoms with Gasteiger partial charge in [0.15, 0.2) is 0 Å². The molecule has 0 atom stereocenters. The van der Waals surface area contributed by atoms with Crippen molar-refractivity contribution in [2.75, 3.05) is 6.61 Å². The van der Waals surface area contributed by atoms with E-state index in [1.807, 2.05) is 19.1 Å². The summed E-state index contributed by atoms with van der Waals surface area (Å²) in [5.74, 6) is 0.191. The summed E-state index contributed by atoms with van der Waals surface area (Å²) < 4.78 is 35.1. The lowest BCUT2D eigenvalue weighted by atomic mass is 10.2.